The van der Waals surface area contributed by atoms with Crippen molar-refractivity contribution in [3.63, 3.8) is 0 Å². The highest BCUT2D eigenvalue weighted by atomic mass is 16.5. The molecule has 0 radical (unpaired) electrons. The zero-order valence-electron chi connectivity index (χ0n) is 11.9. The first-order valence-corrected chi connectivity index (χ1v) is 7.54. The Kier molecular flexibility index (Phi) is 3.08. The van der Waals surface area contributed by atoms with Gasteiger partial charge in [0.15, 0.2) is 0 Å². The van der Waals surface area contributed by atoms with Crippen LogP contribution in [0, 0.1) is 0 Å². The molecule has 0 saturated heterocycles. The van der Waals surface area contributed by atoms with E-state index in [1.807, 2.05) is 18.2 Å². The minimum atomic E-state index is 0.198. The molecule has 0 spiro atoms. The van der Waals surface area contributed by atoms with Crippen LogP contribution in [0.5, 0.6) is 11.5 Å². The fourth-order valence-electron chi connectivity index (χ4n) is 3.28. The second-order valence-corrected chi connectivity index (χ2v) is 5.86. The summed E-state index contributed by atoms with van der Waals surface area (Å²) in [5.74, 6) is 2.25. The maximum atomic E-state index is 6.07. The highest BCUT2D eigenvalue weighted by Gasteiger charge is 2.24. The van der Waals surface area contributed by atoms with E-state index >= 15 is 0 Å². The number of hydrogen-bond donors (Lipinski definition) is 1. The van der Waals surface area contributed by atoms with Crippen LogP contribution in [-0.2, 0) is 6.42 Å². The molecule has 108 valence electrons. The molecule has 0 saturated carbocycles. The number of hydrogen-bond acceptors (Lipinski definition) is 3. The first-order chi connectivity index (χ1) is 10.3. The van der Waals surface area contributed by atoms with E-state index in [1.165, 1.54) is 16.7 Å². The summed E-state index contributed by atoms with van der Waals surface area (Å²) in [4.78, 5) is 0. The van der Waals surface area contributed by atoms with E-state index < -0.39 is 0 Å². The van der Waals surface area contributed by atoms with Gasteiger partial charge in [0.25, 0.3) is 0 Å². The van der Waals surface area contributed by atoms with Crippen molar-refractivity contribution in [3.05, 3.63) is 59.2 Å². The van der Waals surface area contributed by atoms with Crippen LogP contribution in [0.3, 0.4) is 0 Å². The van der Waals surface area contributed by atoms with Crippen LogP contribution in [-0.4, -0.2) is 13.2 Å². The van der Waals surface area contributed by atoms with Crippen molar-refractivity contribution in [1.82, 2.24) is 0 Å². The van der Waals surface area contributed by atoms with E-state index in [0.29, 0.717) is 19.1 Å². The molecular formula is C18H19NO2. The van der Waals surface area contributed by atoms with Crippen molar-refractivity contribution >= 4 is 0 Å². The van der Waals surface area contributed by atoms with Gasteiger partial charge < -0.3 is 15.2 Å². The normalized spacial score (nSPS) is 22.5. The van der Waals surface area contributed by atoms with Crippen molar-refractivity contribution in [2.24, 2.45) is 5.73 Å². The number of para-hydroxylation sites is 1. The van der Waals surface area contributed by atoms with Crippen LogP contribution in [0.2, 0.25) is 0 Å². The highest BCUT2D eigenvalue weighted by molar-refractivity contribution is 5.42. The lowest BCUT2D eigenvalue weighted by molar-refractivity contribution is 0.248. The molecule has 3 nitrogen and oxygen atoms in total. The molecular weight excluding hydrogens is 262 g/mol. The second-order valence-electron chi connectivity index (χ2n) is 5.86. The molecule has 1 aliphatic heterocycles. The summed E-state index contributed by atoms with van der Waals surface area (Å²) in [5, 5.41) is 0. The van der Waals surface area contributed by atoms with E-state index in [0.717, 1.165) is 24.3 Å². The Balaban J connectivity index is 1.46. The summed E-state index contributed by atoms with van der Waals surface area (Å²) >= 11 is 0. The predicted octanol–water partition coefficient (Wildman–Crippen LogP) is 3.19. The number of fused-ring (bicyclic) bond motifs is 2. The number of ether oxygens (including phenoxy) is 2. The van der Waals surface area contributed by atoms with E-state index in [-0.39, 0.29) is 6.04 Å². The maximum absolute atomic E-state index is 6.07. The molecule has 0 bridgehead atoms. The summed E-state index contributed by atoms with van der Waals surface area (Å²) in [6.07, 6.45) is 2.10. The lowest BCUT2D eigenvalue weighted by Gasteiger charge is -2.13. The molecule has 3 heteroatoms. The minimum absolute atomic E-state index is 0.198. The summed E-state index contributed by atoms with van der Waals surface area (Å²) in [7, 11) is 0. The number of aryl methyl sites for hydroxylation is 1. The van der Waals surface area contributed by atoms with E-state index in [4.69, 9.17) is 15.2 Å². The SMILES string of the molecule is NC1CCc2cc(OCC3COc4ccccc43)ccc21. The van der Waals surface area contributed by atoms with E-state index in [1.54, 1.807) is 0 Å². The topological polar surface area (TPSA) is 44.5 Å². The summed E-state index contributed by atoms with van der Waals surface area (Å²) in [6.45, 7) is 1.36. The van der Waals surface area contributed by atoms with Gasteiger partial charge in [-0.25, -0.2) is 0 Å². The lowest BCUT2D eigenvalue weighted by Crippen LogP contribution is -2.12. The summed E-state index contributed by atoms with van der Waals surface area (Å²) in [6, 6.07) is 14.7. The average Bonchev–Trinajstić information content (AvgIpc) is 3.09. The van der Waals surface area contributed by atoms with Crippen LogP contribution >= 0.6 is 0 Å². The van der Waals surface area contributed by atoms with E-state index in [9.17, 15) is 0 Å². The largest absolute Gasteiger partial charge is 0.493 e. The van der Waals surface area contributed by atoms with Crippen LogP contribution in [0.15, 0.2) is 42.5 Å². The molecule has 2 aromatic rings. The van der Waals surface area contributed by atoms with Crippen LogP contribution in [0.25, 0.3) is 0 Å². The lowest BCUT2D eigenvalue weighted by atomic mass is 10.0. The van der Waals surface area contributed by atoms with Gasteiger partial charge in [0.1, 0.15) is 11.5 Å². The van der Waals surface area contributed by atoms with Crippen molar-refractivity contribution in [2.75, 3.05) is 13.2 Å². The Morgan fingerprint density at radius 3 is 3.00 bits per heavy atom. The molecule has 1 aliphatic carbocycles. The van der Waals surface area contributed by atoms with Gasteiger partial charge in [-0.2, -0.15) is 0 Å². The molecule has 1 heterocycles. The fraction of sp³-hybridized carbons (Fsp3) is 0.333. The van der Waals surface area contributed by atoms with Gasteiger partial charge >= 0.3 is 0 Å². The Labute approximate surface area is 124 Å². The first-order valence-electron chi connectivity index (χ1n) is 7.54. The van der Waals surface area contributed by atoms with Crippen molar-refractivity contribution in [2.45, 2.75) is 24.8 Å². The predicted molar refractivity (Wildman–Crippen MR) is 81.9 cm³/mol. The van der Waals surface area contributed by atoms with Crippen molar-refractivity contribution < 1.29 is 9.47 Å². The molecule has 2 atom stereocenters. The zero-order valence-corrected chi connectivity index (χ0v) is 11.9. The Hall–Kier alpha value is -2.00. The number of benzene rings is 2. The third kappa shape index (κ3) is 2.28. The van der Waals surface area contributed by atoms with Crippen LogP contribution in [0.4, 0.5) is 0 Å². The molecule has 4 rings (SSSR count). The minimum Gasteiger partial charge on any atom is -0.493 e. The summed E-state index contributed by atoms with van der Waals surface area (Å²) in [5.41, 5.74) is 9.93. The summed E-state index contributed by atoms with van der Waals surface area (Å²) < 4.78 is 11.7. The first kappa shape index (κ1) is 12.7. The van der Waals surface area contributed by atoms with E-state index in [2.05, 4.69) is 24.3 Å². The Morgan fingerprint density at radius 1 is 1.14 bits per heavy atom. The number of nitrogens with two attached hydrogens (primary N) is 1. The Morgan fingerprint density at radius 2 is 2.05 bits per heavy atom. The second kappa shape index (κ2) is 5.08. The maximum Gasteiger partial charge on any atom is 0.123 e. The highest BCUT2D eigenvalue weighted by Crippen LogP contribution is 2.35. The monoisotopic (exact) mass is 281 g/mol. The molecule has 2 N–H and O–H groups in total. The van der Waals surface area contributed by atoms with Crippen LogP contribution in [0.1, 0.15) is 35.1 Å². The van der Waals surface area contributed by atoms with Gasteiger partial charge in [0.2, 0.25) is 0 Å². The molecule has 2 aliphatic rings. The van der Waals surface area contributed by atoms with Gasteiger partial charge in [0, 0.05) is 11.6 Å². The van der Waals surface area contributed by atoms with Gasteiger partial charge in [-0.05, 0) is 42.2 Å². The van der Waals surface area contributed by atoms with Crippen molar-refractivity contribution in [1.29, 1.82) is 0 Å². The zero-order chi connectivity index (χ0) is 14.2. The van der Waals surface area contributed by atoms with Crippen LogP contribution < -0.4 is 15.2 Å². The molecule has 2 aromatic carbocycles. The quantitative estimate of drug-likeness (QED) is 0.939. The molecule has 21 heavy (non-hydrogen) atoms. The number of rotatable bonds is 3. The molecule has 0 aromatic heterocycles. The standard InChI is InChI=1S/C18H19NO2/c19-17-8-5-12-9-14(6-7-15(12)17)20-10-13-11-21-18-4-2-1-3-16(13)18/h1-4,6-7,9,13,17H,5,8,10-11,19H2. The third-order valence-corrected chi connectivity index (χ3v) is 4.49. The van der Waals surface area contributed by atoms with Gasteiger partial charge in [-0.1, -0.05) is 24.3 Å². The fourth-order valence-corrected chi connectivity index (χ4v) is 3.28. The van der Waals surface area contributed by atoms with Gasteiger partial charge in [0.05, 0.1) is 19.1 Å². The van der Waals surface area contributed by atoms with Gasteiger partial charge in [-0.15, -0.1) is 0 Å². The molecule has 0 amide bonds. The average molecular weight is 281 g/mol. The molecule has 0 fully saturated rings. The Bertz CT molecular complexity index is 668. The molecule has 2 unspecified atom stereocenters. The third-order valence-electron chi connectivity index (χ3n) is 4.49. The van der Waals surface area contributed by atoms with Gasteiger partial charge in [-0.3, -0.25) is 0 Å². The smallest absolute Gasteiger partial charge is 0.123 e. The van der Waals surface area contributed by atoms with Crippen molar-refractivity contribution in [3.8, 4) is 11.5 Å².